The summed E-state index contributed by atoms with van der Waals surface area (Å²) in [6.45, 7) is 4.42. The molecule has 3 aromatic rings. The molecule has 0 bridgehead atoms. The van der Waals surface area contributed by atoms with Gasteiger partial charge in [0, 0.05) is 11.6 Å². The lowest BCUT2D eigenvalue weighted by atomic mass is 9.80. The first-order chi connectivity index (χ1) is 12.5. The van der Waals surface area contributed by atoms with E-state index < -0.39 is 0 Å². The number of rotatable bonds is 6. The average molecular weight is 372 g/mol. The van der Waals surface area contributed by atoms with Crippen LogP contribution < -0.4 is 4.74 Å². The Hall–Kier alpha value is -2.13. The molecule has 1 aromatic heterocycles. The molecule has 0 fully saturated rings. The van der Waals surface area contributed by atoms with E-state index >= 15 is 0 Å². The summed E-state index contributed by atoms with van der Waals surface area (Å²) in [6.07, 6.45) is 3.76. The van der Waals surface area contributed by atoms with Gasteiger partial charge in [-0.15, -0.1) is 0 Å². The van der Waals surface area contributed by atoms with E-state index in [0.717, 1.165) is 23.8 Å². The topological polar surface area (TPSA) is 22.1 Å². The number of halogens is 2. The molecule has 0 aliphatic carbocycles. The van der Waals surface area contributed by atoms with Gasteiger partial charge in [-0.1, -0.05) is 49.7 Å². The van der Waals surface area contributed by atoms with E-state index in [0.29, 0.717) is 17.7 Å². The van der Waals surface area contributed by atoms with Gasteiger partial charge in [-0.3, -0.25) is 0 Å². The predicted octanol–water partition coefficient (Wildman–Crippen LogP) is 6.41. The van der Waals surface area contributed by atoms with Gasteiger partial charge in [0.15, 0.2) is 0 Å². The van der Waals surface area contributed by atoms with E-state index in [-0.39, 0.29) is 10.8 Å². The molecule has 0 saturated heterocycles. The molecule has 2 nitrogen and oxygen atoms in total. The van der Waals surface area contributed by atoms with Crippen LogP contribution in [0.25, 0.3) is 10.8 Å². The molecule has 26 heavy (non-hydrogen) atoms. The van der Waals surface area contributed by atoms with Crippen molar-refractivity contribution in [1.29, 1.82) is 0 Å². The first-order valence-electron chi connectivity index (χ1n) is 8.90. The van der Waals surface area contributed by atoms with Crippen LogP contribution >= 0.6 is 11.6 Å². The van der Waals surface area contributed by atoms with Crippen molar-refractivity contribution in [2.24, 2.45) is 5.92 Å². The smallest absolute Gasteiger partial charge is 0.221 e. The summed E-state index contributed by atoms with van der Waals surface area (Å²) >= 11 is 5.94. The van der Waals surface area contributed by atoms with Crippen molar-refractivity contribution in [2.45, 2.75) is 32.6 Å². The highest BCUT2D eigenvalue weighted by Gasteiger charge is 2.22. The zero-order valence-corrected chi connectivity index (χ0v) is 16.1. The summed E-state index contributed by atoms with van der Waals surface area (Å²) in [5, 5.41) is 2.39. The molecule has 0 amide bonds. The highest BCUT2D eigenvalue weighted by molar-refractivity contribution is 6.30. The summed E-state index contributed by atoms with van der Waals surface area (Å²) < 4.78 is 18.8. The van der Waals surface area contributed by atoms with Crippen LogP contribution in [0.2, 0.25) is 5.02 Å². The summed E-state index contributed by atoms with van der Waals surface area (Å²) in [6, 6.07) is 13.2. The number of pyridine rings is 1. The van der Waals surface area contributed by atoms with E-state index in [1.54, 1.807) is 13.2 Å². The molecule has 4 heteroatoms. The number of nitrogens with zero attached hydrogens (tertiary/aromatic N) is 1. The van der Waals surface area contributed by atoms with Crippen LogP contribution in [0.5, 0.6) is 5.88 Å². The summed E-state index contributed by atoms with van der Waals surface area (Å²) in [7, 11) is 1.65. The molecule has 2 unspecified atom stereocenters. The number of hydrogen-bond donors (Lipinski definition) is 0. The summed E-state index contributed by atoms with van der Waals surface area (Å²) in [5.41, 5.74) is 2.28. The first kappa shape index (κ1) is 18.7. The maximum Gasteiger partial charge on any atom is 0.221 e. The maximum atomic E-state index is 13.4. The Labute approximate surface area is 159 Å². The monoisotopic (exact) mass is 371 g/mol. The standard InChI is InChI=1S/C22H23ClFNO/c1-4-16(14(2)11-15-9-10-21(24)20(23)12-15)19-13-25-22(26-3)18-8-6-5-7-17(18)19/h5-10,12-14,16H,4,11H2,1-3H3. The van der Waals surface area contributed by atoms with Crippen molar-refractivity contribution >= 4 is 22.4 Å². The Kier molecular flexibility index (Phi) is 5.77. The molecule has 2 aromatic carbocycles. The van der Waals surface area contributed by atoms with Gasteiger partial charge < -0.3 is 4.74 Å². The van der Waals surface area contributed by atoms with Gasteiger partial charge in [-0.2, -0.15) is 0 Å². The van der Waals surface area contributed by atoms with Crippen LogP contribution in [0.3, 0.4) is 0 Å². The van der Waals surface area contributed by atoms with Gasteiger partial charge in [-0.25, -0.2) is 9.37 Å². The van der Waals surface area contributed by atoms with Gasteiger partial charge >= 0.3 is 0 Å². The lowest BCUT2D eigenvalue weighted by Crippen LogP contribution is -2.13. The van der Waals surface area contributed by atoms with Crippen molar-refractivity contribution in [3.8, 4) is 5.88 Å². The van der Waals surface area contributed by atoms with Crippen molar-refractivity contribution in [1.82, 2.24) is 4.98 Å². The van der Waals surface area contributed by atoms with Gasteiger partial charge in [0.05, 0.1) is 12.1 Å². The molecule has 0 aliphatic rings. The van der Waals surface area contributed by atoms with Crippen molar-refractivity contribution in [3.05, 3.63) is 70.6 Å². The zero-order valence-electron chi connectivity index (χ0n) is 15.3. The molecule has 0 saturated carbocycles. The summed E-state index contributed by atoms with van der Waals surface area (Å²) in [4.78, 5) is 4.52. The third-order valence-electron chi connectivity index (χ3n) is 5.05. The van der Waals surface area contributed by atoms with Crippen LogP contribution in [0, 0.1) is 11.7 Å². The fraction of sp³-hybridized carbons (Fsp3) is 0.318. The van der Waals surface area contributed by atoms with E-state index in [1.165, 1.54) is 17.0 Å². The SMILES string of the molecule is CCC(c1cnc(OC)c2ccccc12)C(C)Cc1ccc(F)c(Cl)c1. The Morgan fingerprint density at radius 2 is 1.88 bits per heavy atom. The number of fused-ring (bicyclic) bond motifs is 1. The highest BCUT2D eigenvalue weighted by atomic mass is 35.5. The van der Waals surface area contributed by atoms with Crippen LogP contribution in [-0.4, -0.2) is 12.1 Å². The van der Waals surface area contributed by atoms with E-state index in [9.17, 15) is 4.39 Å². The second kappa shape index (κ2) is 8.05. The second-order valence-corrected chi connectivity index (χ2v) is 7.12. The minimum Gasteiger partial charge on any atom is -0.481 e. The maximum absolute atomic E-state index is 13.4. The Bertz CT molecular complexity index is 912. The number of ether oxygens (including phenoxy) is 1. The van der Waals surface area contributed by atoms with Crippen molar-refractivity contribution in [2.75, 3.05) is 7.11 Å². The zero-order chi connectivity index (χ0) is 18.7. The largest absolute Gasteiger partial charge is 0.481 e. The average Bonchev–Trinajstić information content (AvgIpc) is 2.65. The second-order valence-electron chi connectivity index (χ2n) is 6.71. The van der Waals surface area contributed by atoms with Crippen molar-refractivity contribution in [3.63, 3.8) is 0 Å². The Balaban J connectivity index is 1.95. The molecular formula is C22H23ClFNO. The fourth-order valence-electron chi connectivity index (χ4n) is 3.76. The molecule has 136 valence electrons. The number of aromatic nitrogens is 1. The number of hydrogen-bond acceptors (Lipinski definition) is 2. The van der Waals surface area contributed by atoms with Crippen LogP contribution in [0.4, 0.5) is 4.39 Å². The van der Waals surface area contributed by atoms with E-state index in [1.807, 2.05) is 30.5 Å². The Morgan fingerprint density at radius 1 is 1.15 bits per heavy atom. The summed E-state index contributed by atoms with van der Waals surface area (Å²) in [5.74, 6) is 0.972. The lowest BCUT2D eigenvalue weighted by molar-refractivity contribution is 0.401. The predicted molar refractivity (Wildman–Crippen MR) is 106 cm³/mol. The normalized spacial score (nSPS) is 13.6. The van der Waals surface area contributed by atoms with Gasteiger partial charge in [0.2, 0.25) is 5.88 Å². The minimum absolute atomic E-state index is 0.180. The molecule has 0 N–H and O–H groups in total. The molecule has 2 atom stereocenters. The lowest BCUT2D eigenvalue weighted by Gasteiger charge is -2.25. The van der Waals surface area contributed by atoms with E-state index in [4.69, 9.17) is 16.3 Å². The first-order valence-corrected chi connectivity index (χ1v) is 9.28. The molecule has 0 radical (unpaired) electrons. The van der Waals surface area contributed by atoms with Gasteiger partial charge in [0.25, 0.3) is 0 Å². The quantitative estimate of drug-likeness (QED) is 0.499. The van der Waals surface area contributed by atoms with E-state index in [2.05, 4.69) is 24.9 Å². The third kappa shape index (κ3) is 3.68. The highest BCUT2D eigenvalue weighted by Crippen LogP contribution is 2.37. The van der Waals surface area contributed by atoms with Crippen LogP contribution in [-0.2, 0) is 6.42 Å². The molecule has 0 aliphatic heterocycles. The molecular weight excluding hydrogens is 349 g/mol. The van der Waals surface area contributed by atoms with Crippen LogP contribution in [0.15, 0.2) is 48.7 Å². The van der Waals surface area contributed by atoms with Crippen LogP contribution in [0.1, 0.15) is 37.3 Å². The molecule has 0 spiro atoms. The minimum atomic E-state index is -0.375. The number of methoxy groups -OCH3 is 1. The van der Waals surface area contributed by atoms with Gasteiger partial charge in [0.1, 0.15) is 5.82 Å². The number of benzene rings is 2. The van der Waals surface area contributed by atoms with Crippen molar-refractivity contribution < 1.29 is 9.13 Å². The van der Waals surface area contributed by atoms with Gasteiger partial charge in [-0.05, 0) is 59.4 Å². The fourth-order valence-corrected chi connectivity index (χ4v) is 3.96. The third-order valence-corrected chi connectivity index (χ3v) is 5.34. The Morgan fingerprint density at radius 3 is 2.54 bits per heavy atom. The molecule has 3 rings (SSSR count). The molecule has 1 heterocycles.